The van der Waals surface area contributed by atoms with E-state index in [1.165, 1.54) is 12.1 Å². The maximum absolute atomic E-state index is 10.5. The first-order valence-corrected chi connectivity index (χ1v) is 6.04. The van der Waals surface area contributed by atoms with Gasteiger partial charge < -0.3 is 5.32 Å². The van der Waals surface area contributed by atoms with E-state index in [0.717, 1.165) is 31.6 Å². The fourth-order valence-electron chi connectivity index (χ4n) is 1.69. The normalized spacial score (nSPS) is 10.5. The second-order valence-electron chi connectivity index (χ2n) is 4.09. The molecule has 0 atom stereocenters. The zero-order valence-electron chi connectivity index (χ0n) is 10.4. The Labute approximate surface area is 110 Å². The summed E-state index contributed by atoms with van der Waals surface area (Å²) < 4.78 is 1.76. The summed E-state index contributed by atoms with van der Waals surface area (Å²) in [5.41, 5.74) is 1.21. The molecule has 0 spiro atoms. The van der Waals surface area contributed by atoms with Crippen LogP contribution in [0.2, 0.25) is 0 Å². The Morgan fingerprint density at radius 2 is 2.05 bits per heavy atom. The van der Waals surface area contributed by atoms with Crippen molar-refractivity contribution in [2.75, 3.05) is 13.1 Å². The van der Waals surface area contributed by atoms with Gasteiger partial charge in [0.25, 0.3) is 5.69 Å². The van der Waals surface area contributed by atoms with Crippen molar-refractivity contribution < 1.29 is 4.92 Å². The third-order valence-electron chi connectivity index (χ3n) is 2.73. The molecule has 1 aromatic heterocycles. The molecule has 2 rings (SSSR count). The average molecular weight is 261 g/mol. The molecule has 7 heteroatoms. The van der Waals surface area contributed by atoms with Crippen LogP contribution in [0.15, 0.2) is 36.7 Å². The molecule has 0 aliphatic carbocycles. The largest absolute Gasteiger partial charge is 0.315 e. The topological polar surface area (TPSA) is 85.9 Å². The lowest BCUT2D eigenvalue weighted by molar-refractivity contribution is -0.384. The molecule has 0 unspecified atom stereocenters. The van der Waals surface area contributed by atoms with E-state index in [2.05, 4.69) is 15.6 Å². The molecular weight excluding hydrogens is 246 g/mol. The molecule has 100 valence electrons. The first kappa shape index (κ1) is 13.2. The molecule has 0 fully saturated rings. The molecule has 0 aliphatic heterocycles. The highest BCUT2D eigenvalue weighted by molar-refractivity contribution is 5.32. The van der Waals surface area contributed by atoms with Crippen molar-refractivity contribution in [1.82, 2.24) is 20.3 Å². The molecule has 0 aliphatic rings. The van der Waals surface area contributed by atoms with Gasteiger partial charge in [-0.05, 0) is 18.5 Å². The number of non-ortho nitro benzene ring substituents is 1. The lowest BCUT2D eigenvalue weighted by Gasteiger charge is -2.04. The second kappa shape index (κ2) is 6.60. The van der Waals surface area contributed by atoms with Crippen LogP contribution in [0.1, 0.15) is 5.56 Å². The van der Waals surface area contributed by atoms with Crippen LogP contribution < -0.4 is 5.32 Å². The van der Waals surface area contributed by atoms with E-state index >= 15 is 0 Å². The van der Waals surface area contributed by atoms with Gasteiger partial charge in [-0.25, -0.2) is 0 Å². The minimum Gasteiger partial charge on any atom is -0.315 e. The van der Waals surface area contributed by atoms with Crippen molar-refractivity contribution in [3.05, 3.63) is 52.3 Å². The minimum absolute atomic E-state index is 0.128. The molecule has 7 nitrogen and oxygen atoms in total. The molecule has 2 aromatic rings. The number of hydrogen-bond donors (Lipinski definition) is 1. The van der Waals surface area contributed by atoms with Crippen molar-refractivity contribution in [1.29, 1.82) is 0 Å². The summed E-state index contributed by atoms with van der Waals surface area (Å²) >= 11 is 0. The fraction of sp³-hybridized carbons (Fsp3) is 0.333. The van der Waals surface area contributed by atoms with Gasteiger partial charge in [0, 0.05) is 24.9 Å². The highest BCUT2D eigenvalue weighted by atomic mass is 16.6. The molecule has 0 saturated heterocycles. The van der Waals surface area contributed by atoms with E-state index in [1.807, 2.05) is 6.20 Å². The number of nitro groups is 1. The zero-order valence-corrected chi connectivity index (χ0v) is 10.4. The lowest BCUT2D eigenvalue weighted by atomic mass is 10.1. The first-order chi connectivity index (χ1) is 9.25. The standard InChI is InChI=1S/C12H15N5O2/c18-17(19)12-3-1-11(2-4-12)5-6-13-7-9-16-10-8-14-15-16/h1-4,8,10,13H,5-7,9H2. The summed E-state index contributed by atoms with van der Waals surface area (Å²) in [7, 11) is 0. The van der Waals surface area contributed by atoms with Gasteiger partial charge in [0.05, 0.1) is 17.7 Å². The van der Waals surface area contributed by atoms with Crippen LogP contribution in [0.4, 0.5) is 5.69 Å². The SMILES string of the molecule is O=[N+]([O-])c1ccc(CCNCCn2ccnn2)cc1. The molecule has 1 aromatic carbocycles. The smallest absolute Gasteiger partial charge is 0.269 e. The van der Waals surface area contributed by atoms with Crippen LogP contribution in [0, 0.1) is 10.1 Å². The predicted molar refractivity (Wildman–Crippen MR) is 69.7 cm³/mol. The highest BCUT2D eigenvalue weighted by Crippen LogP contribution is 2.11. The van der Waals surface area contributed by atoms with Gasteiger partial charge in [-0.1, -0.05) is 17.3 Å². The lowest BCUT2D eigenvalue weighted by Crippen LogP contribution is -2.22. The fourth-order valence-corrected chi connectivity index (χ4v) is 1.69. The Kier molecular flexibility index (Phi) is 4.57. The van der Waals surface area contributed by atoms with Crippen molar-refractivity contribution in [3.63, 3.8) is 0 Å². The van der Waals surface area contributed by atoms with Crippen LogP contribution in [-0.2, 0) is 13.0 Å². The first-order valence-electron chi connectivity index (χ1n) is 6.04. The van der Waals surface area contributed by atoms with E-state index in [1.54, 1.807) is 23.0 Å². The maximum Gasteiger partial charge on any atom is 0.269 e. The van der Waals surface area contributed by atoms with Crippen LogP contribution in [0.25, 0.3) is 0 Å². The summed E-state index contributed by atoms with van der Waals surface area (Å²) in [4.78, 5) is 10.1. The van der Waals surface area contributed by atoms with Gasteiger partial charge >= 0.3 is 0 Å². The Balaban J connectivity index is 1.66. The summed E-state index contributed by atoms with van der Waals surface area (Å²) in [5, 5.41) is 21.4. The molecule has 1 heterocycles. The Morgan fingerprint density at radius 3 is 2.68 bits per heavy atom. The van der Waals surface area contributed by atoms with Crippen molar-refractivity contribution in [3.8, 4) is 0 Å². The van der Waals surface area contributed by atoms with Gasteiger partial charge in [-0.15, -0.1) is 5.10 Å². The monoisotopic (exact) mass is 261 g/mol. The summed E-state index contributed by atoms with van der Waals surface area (Å²) in [6.07, 6.45) is 4.31. The third kappa shape index (κ3) is 4.14. The van der Waals surface area contributed by atoms with Gasteiger partial charge in [0.15, 0.2) is 0 Å². The van der Waals surface area contributed by atoms with E-state index < -0.39 is 0 Å². The molecule has 0 amide bonds. The second-order valence-corrected chi connectivity index (χ2v) is 4.09. The number of nitrogens with zero attached hydrogens (tertiary/aromatic N) is 4. The van der Waals surface area contributed by atoms with Gasteiger partial charge in [0.1, 0.15) is 0 Å². The number of aromatic nitrogens is 3. The van der Waals surface area contributed by atoms with Crippen molar-refractivity contribution >= 4 is 5.69 Å². The van der Waals surface area contributed by atoms with E-state index in [0.29, 0.717) is 0 Å². The van der Waals surface area contributed by atoms with Crippen LogP contribution in [0.5, 0.6) is 0 Å². The van der Waals surface area contributed by atoms with Gasteiger partial charge in [-0.3, -0.25) is 14.8 Å². The third-order valence-corrected chi connectivity index (χ3v) is 2.73. The molecular formula is C12H15N5O2. The Hall–Kier alpha value is -2.28. The van der Waals surface area contributed by atoms with Crippen LogP contribution in [0.3, 0.4) is 0 Å². The molecule has 0 radical (unpaired) electrons. The van der Waals surface area contributed by atoms with Gasteiger partial charge in [-0.2, -0.15) is 0 Å². The molecule has 1 N–H and O–H groups in total. The summed E-state index contributed by atoms with van der Waals surface area (Å²) in [6.45, 7) is 2.42. The number of rotatable bonds is 7. The predicted octanol–water partition coefficient (Wildman–Crippen LogP) is 1.02. The average Bonchev–Trinajstić information content (AvgIpc) is 2.92. The van der Waals surface area contributed by atoms with Crippen molar-refractivity contribution in [2.24, 2.45) is 0 Å². The quantitative estimate of drug-likeness (QED) is 0.457. The maximum atomic E-state index is 10.5. The number of benzene rings is 1. The van der Waals surface area contributed by atoms with E-state index in [4.69, 9.17) is 0 Å². The number of hydrogen-bond acceptors (Lipinski definition) is 5. The highest BCUT2D eigenvalue weighted by Gasteiger charge is 2.03. The van der Waals surface area contributed by atoms with Crippen molar-refractivity contribution in [2.45, 2.75) is 13.0 Å². The molecule has 19 heavy (non-hydrogen) atoms. The number of nitro benzene ring substituents is 1. The molecule has 0 bridgehead atoms. The van der Waals surface area contributed by atoms with Crippen LogP contribution in [-0.4, -0.2) is 33.0 Å². The van der Waals surface area contributed by atoms with E-state index in [-0.39, 0.29) is 10.6 Å². The van der Waals surface area contributed by atoms with Crippen LogP contribution >= 0.6 is 0 Å². The van der Waals surface area contributed by atoms with Gasteiger partial charge in [0.2, 0.25) is 0 Å². The Morgan fingerprint density at radius 1 is 1.26 bits per heavy atom. The number of nitrogens with one attached hydrogen (secondary N) is 1. The minimum atomic E-state index is -0.389. The van der Waals surface area contributed by atoms with E-state index in [9.17, 15) is 10.1 Å². The molecule has 0 saturated carbocycles. The zero-order chi connectivity index (χ0) is 13.5. The summed E-state index contributed by atoms with van der Waals surface area (Å²) in [6, 6.07) is 6.64. The summed E-state index contributed by atoms with van der Waals surface area (Å²) in [5.74, 6) is 0. The Bertz CT molecular complexity index is 509.